The largest absolute Gasteiger partial charge is 0.472 e. The number of rotatable bonds is 82. The van der Waals surface area contributed by atoms with Crippen molar-refractivity contribution in [3.05, 3.63) is 134 Å². The molecule has 18 heteroatoms. The summed E-state index contributed by atoms with van der Waals surface area (Å²) in [6.07, 6.45) is 102. The molecule has 0 rings (SSSR count). The molecule has 5 unspecified atom stereocenters. The van der Waals surface area contributed by atoms with E-state index in [9.17, 15) is 43.5 Å². The molecule has 4 N–H and O–H groups in total. The monoisotopic (exact) mass is 1570 g/mol. The van der Waals surface area contributed by atoms with Crippen LogP contribution in [0, 0.1) is 0 Å². The maximum atomic E-state index is 13.0. The lowest BCUT2D eigenvalue weighted by Crippen LogP contribution is -2.30. The fourth-order valence-electron chi connectivity index (χ4n) is 11.7. The number of ether oxygens (including phenoxy) is 3. The normalized spacial score (nSPS) is 14.5. The second-order valence-electron chi connectivity index (χ2n) is 29.0. The second kappa shape index (κ2) is 83.1. The Labute approximate surface area is 665 Å². The third kappa shape index (κ3) is 84.4. The predicted molar refractivity (Wildman–Crippen MR) is 454 cm³/mol. The van der Waals surface area contributed by atoms with Gasteiger partial charge in [0.25, 0.3) is 0 Å². The van der Waals surface area contributed by atoms with Crippen LogP contribution in [-0.4, -0.2) is 95.9 Å². The van der Waals surface area contributed by atoms with Gasteiger partial charge in [0, 0.05) is 19.3 Å². The number of hydrogen-bond acceptors (Lipinski definition) is 14. The summed E-state index contributed by atoms with van der Waals surface area (Å²) in [6, 6.07) is 0. The van der Waals surface area contributed by atoms with Crippen molar-refractivity contribution in [3.8, 4) is 0 Å². The van der Waals surface area contributed by atoms with Crippen LogP contribution in [0.25, 0.3) is 0 Å². The average molecular weight is 1570 g/mol. The van der Waals surface area contributed by atoms with E-state index in [2.05, 4.69) is 154 Å². The van der Waals surface area contributed by atoms with E-state index in [4.69, 9.17) is 32.3 Å². The second-order valence-corrected chi connectivity index (χ2v) is 31.9. The van der Waals surface area contributed by atoms with Crippen LogP contribution in [0.1, 0.15) is 367 Å². The summed E-state index contributed by atoms with van der Waals surface area (Å²) in [5.41, 5.74) is 0. The minimum Gasteiger partial charge on any atom is -0.463 e. The number of phosphoric ester groups is 2. The minimum absolute atomic E-state index is 0.0802. The molecule has 0 amide bonds. The predicted octanol–water partition coefficient (Wildman–Crippen LogP) is 26.2. The topological polar surface area (TPSA) is 231 Å². The molecule has 0 aliphatic heterocycles. The van der Waals surface area contributed by atoms with E-state index >= 15 is 0 Å². The van der Waals surface area contributed by atoms with E-state index < -0.39 is 91.5 Å². The van der Waals surface area contributed by atoms with Gasteiger partial charge in [-0.2, -0.15) is 0 Å². The third-order valence-electron chi connectivity index (χ3n) is 18.3. The lowest BCUT2D eigenvalue weighted by Gasteiger charge is -2.21. The highest BCUT2D eigenvalue weighted by Gasteiger charge is 2.29. The van der Waals surface area contributed by atoms with Crippen LogP contribution in [0.2, 0.25) is 0 Å². The lowest BCUT2D eigenvalue weighted by atomic mass is 10.0. The first-order chi connectivity index (χ1) is 53.2. The van der Waals surface area contributed by atoms with Crippen molar-refractivity contribution in [1.82, 2.24) is 0 Å². The molecule has 0 aliphatic rings. The Morgan fingerprint density at radius 3 is 0.771 bits per heavy atom. The molecular formula is C91H158O16P2. The van der Waals surface area contributed by atoms with E-state index in [0.29, 0.717) is 19.3 Å². The van der Waals surface area contributed by atoms with E-state index in [1.807, 2.05) is 0 Å². The van der Waals surface area contributed by atoms with Gasteiger partial charge in [0.1, 0.15) is 25.4 Å². The van der Waals surface area contributed by atoms with Gasteiger partial charge in [-0.15, -0.1) is 0 Å². The van der Waals surface area contributed by atoms with Crippen molar-refractivity contribution in [2.75, 3.05) is 39.6 Å². The Balaban J connectivity index is 4.43. The maximum absolute atomic E-state index is 13.0. The highest BCUT2D eigenvalue weighted by molar-refractivity contribution is 7.47. The van der Waals surface area contributed by atoms with Crippen molar-refractivity contribution in [2.45, 2.75) is 386 Å². The molecule has 16 nitrogen and oxygen atoms in total. The number of hydrogen-bond donors (Lipinski definition) is 4. The standard InChI is InChI=1S/C91H158O16P2/c1-4-7-10-13-16-19-22-25-28-30-32-34-36-37-38-39-40-41-42-43-44-45-46-47-49-51-52-54-57-59-62-65-68-71-74-77-89(94)101-80-86(92)81-103-108(97,98)104-82-87(93)83-105-109(99,100)106-85-88(107-91(96)79-76-73-70-67-64-61-56-27-24-21-18-15-12-9-6-3)84-102-90(95)78-75-72-69-66-63-60-58-55-53-50-48-35-33-31-29-26-23-20-17-14-11-8-5-2/h9,12,16-21,25-29,32-35,37-38,50,53,56,86-88,92-93H,4-8,10-11,13-15,22-24,30-31,36,39-49,51-52,54-55,57-85H2,1-3H3,(H,97,98)(H,99,100)/b12-9-,19-16-,20-17-,21-18-,28-25-,29-26-,34-32-,35-33-,38-37-,53-50-,56-27-. The highest BCUT2D eigenvalue weighted by atomic mass is 31.2. The summed E-state index contributed by atoms with van der Waals surface area (Å²) in [5.74, 6) is -1.60. The number of carbonyl (C=O) groups is 3. The van der Waals surface area contributed by atoms with Crippen molar-refractivity contribution < 1.29 is 75.8 Å². The molecule has 0 radical (unpaired) electrons. The fourth-order valence-corrected chi connectivity index (χ4v) is 13.3. The number of esters is 3. The summed E-state index contributed by atoms with van der Waals surface area (Å²) in [6.45, 7) is 2.51. The fraction of sp³-hybridized carbons (Fsp3) is 0.725. The van der Waals surface area contributed by atoms with Gasteiger partial charge >= 0.3 is 33.6 Å². The summed E-state index contributed by atoms with van der Waals surface area (Å²) in [5, 5.41) is 20.7. The average Bonchev–Trinajstić information content (AvgIpc) is 0.904. The van der Waals surface area contributed by atoms with Crippen LogP contribution >= 0.6 is 15.6 Å². The van der Waals surface area contributed by atoms with Crippen LogP contribution in [-0.2, 0) is 55.8 Å². The number of unbranched alkanes of at least 4 members (excludes halogenated alkanes) is 37. The molecule has 0 saturated heterocycles. The Morgan fingerprint density at radius 2 is 0.486 bits per heavy atom. The SMILES string of the molecule is CC/C=C\C/C=C\C/C=C\CCCCCCCC(=O)OC(COC(=O)CCCCCCCCC/C=C\C/C=C\C/C=C\C/C=C\CCCCC)COP(=O)(O)OCC(O)COP(=O)(O)OCC(O)COC(=O)CCCCCCCCCCCCCCCCCCCCC/C=C\C/C=C\C/C=C\C/C=C\CCCCC. The Bertz CT molecular complexity index is 2510. The van der Waals surface area contributed by atoms with Gasteiger partial charge in [0.05, 0.1) is 26.4 Å². The summed E-state index contributed by atoms with van der Waals surface area (Å²) >= 11 is 0. The zero-order valence-electron chi connectivity index (χ0n) is 68.9. The summed E-state index contributed by atoms with van der Waals surface area (Å²) in [4.78, 5) is 58.8. The maximum Gasteiger partial charge on any atom is 0.472 e. The molecule has 0 bridgehead atoms. The van der Waals surface area contributed by atoms with E-state index in [1.54, 1.807) is 0 Å². The van der Waals surface area contributed by atoms with Crippen LogP contribution in [0.4, 0.5) is 0 Å². The van der Waals surface area contributed by atoms with Crippen molar-refractivity contribution in [3.63, 3.8) is 0 Å². The van der Waals surface area contributed by atoms with Gasteiger partial charge in [-0.3, -0.25) is 32.5 Å². The van der Waals surface area contributed by atoms with Crippen LogP contribution in [0.5, 0.6) is 0 Å². The van der Waals surface area contributed by atoms with Crippen molar-refractivity contribution in [2.24, 2.45) is 0 Å². The number of aliphatic hydroxyl groups excluding tert-OH is 2. The number of aliphatic hydroxyl groups is 2. The molecule has 0 heterocycles. The van der Waals surface area contributed by atoms with Gasteiger partial charge in [-0.25, -0.2) is 9.13 Å². The number of carbonyl (C=O) groups excluding carboxylic acids is 3. The lowest BCUT2D eigenvalue weighted by molar-refractivity contribution is -0.161. The van der Waals surface area contributed by atoms with Crippen LogP contribution in [0.15, 0.2) is 134 Å². The zero-order valence-corrected chi connectivity index (χ0v) is 70.7. The van der Waals surface area contributed by atoms with Gasteiger partial charge in [0.15, 0.2) is 6.10 Å². The first-order valence-corrected chi connectivity index (χ1v) is 46.5. The first-order valence-electron chi connectivity index (χ1n) is 43.5. The summed E-state index contributed by atoms with van der Waals surface area (Å²) < 4.78 is 61.2. The molecule has 5 atom stereocenters. The molecule has 0 fully saturated rings. The third-order valence-corrected chi connectivity index (χ3v) is 20.2. The van der Waals surface area contributed by atoms with Crippen molar-refractivity contribution >= 4 is 33.6 Å². The van der Waals surface area contributed by atoms with Crippen LogP contribution in [0.3, 0.4) is 0 Å². The smallest absolute Gasteiger partial charge is 0.463 e. The van der Waals surface area contributed by atoms with E-state index in [-0.39, 0.29) is 19.3 Å². The molecule has 0 aromatic rings. The van der Waals surface area contributed by atoms with Gasteiger partial charge in [0.2, 0.25) is 0 Å². The molecule has 0 aliphatic carbocycles. The first kappa shape index (κ1) is 105. The van der Waals surface area contributed by atoms with Crippen molar-refractivity contribution in [1.29, 1.82) is 0 Å². The number of allylic oxidation sites excluding steroid dienone is 22. The highest BCUT2D eigenvalue weighted by Crippen LogP contribution is 2.45. The molecular weight excluding hydrogens is 1410 g/mol. The molecule has 109 heavy (non-hydrogen) atoms. The molecule has 0 saturated carbocycles. The Morgan fingerprint density at radius 1 is 0.266 bits per heavy atom. The molecule has 0 aromatic heterocycles. The minimum atomic E-state index is -4.94. The summed E-state index contributed by atoms with van der Waals surface area (Å²) in [7, 11) is -9.80. The van der Waals surface area contributed by atoms with Crippen LogP contribution < -0.4 is 0 Å². The van der Waals surface area contributed by atoms with Gasteiger partial charge < -0.3 is 34.2 Å². The molecule has 0 aromatic carbocycles. The quantitative estimate of drug-likeness (QED) is 0.0146. The van der Waals surface area contributed by atoms with E-state index in [1.165, 1.54) is 154 Å². The van der Waals surface area contributed by atoms with Gasteiger partial charge in [-0.05, 0) is 141 Å². The Hall–Kier alpha value is -4.31. The van der Waals surface area contributed by atoms with Gasteiger partial charge in [-0.1, -0.05) is 341 Å². The molecule has 0 spiro atoms. The number of phosphoric acid groups is 2. The zero-order chi connectivity index (χ0) is 79.4. The Kier molecular flexibility index (Phi) is 79.8. The van der Waals surface area contributed by atoms with E-state index in [0.717, 1.165) is 154 Å². The molecule has 628 valence electrons.